The maximum atomic E-state index is 5.76. The van der Waals surface area contributed by atoms with Gasteiger partial charge in [0.05, 0.1) is 16.0 Å². The van der Waals surface area contributed by atoms with Gasteiger partial charge in [0.2, 0.25) is 0 Å². The van der Waals surface area contributed by atoms with E-state index in [1.165, 1.54) is 5.52 Å². The van der Waals surface area contributed by atoms with E-state index in [4.69, 9.17) is 18.0 Å². The number of hydrogen-bond donors (Lipinski definition) is 1. The summed E-state index contributed by atoms with van der Waals surface area (Å²) < 4.78 is 2.27. The molecular weight excluding hydrogens is 254 g/mol. The highest BCUT2D eigenvalue weighted by Crippen LogP contribution is 2.24. The second kappa shape index (κ2) is 5.29. The normalized spacial score (nSPS) is 11.9. The van der Waals surface area contributed by atoms with Crippen molar-refractivity contribution in [2.45, 2.75) is 40.2 Å². The van der Waals surface area contributed by atoms with Crippen molar-refractivity contribution in [3.05, 3.63) is 30.1 Å². The molecule has 3 nitrogen and oxygen atoms in total. The van der Waals surface area contributed by atoms with Gasteiger partial charge in [0.15, 0.2) is 0 Å². The highest BCUT2D eigenvalue weighted by Gasteiger charge is 2.20. The molecule has 0 aliphatic carbocycles. The third-order valence-electron chi connectivity index (χ3n) is 3.70. The lowest BCUT2D eigenvalue weighted by molar-refractivity contribution is 0.437. The predicted molar refractivity (Wildman–Crippen MR) is 84.3 cm³/mol. The molecule has 0 saturated carbocycles. The Morgan fingerprint density at radius 2 is 2.05 bits per heavy atom. The van der Waals surface area contributed by atoms with Crippen molar-refractivity contribution in [1.29, 1.82) is 0 Å². The predicted octanol–water partition coefficient (Wildman–Crippen LogP) is 3.44. The summed E-state index contributed by atoms with van der Waals surface area (Å²) >= 11 is 5.11. The van der Waals surface area contributed by atoms with Gasteiger partial charge in [-0.1, -0.05) is 38.2 Å². The first-order valence-electron chi connectivity index (χ1n) is 6.63. The Balaban J connectivity index is 2.10. The van der Waals surface area contributed by atoms with Gasteiger partial charge < -0.3 is 10.3 Å². The van der Waals surface area contributed by atoms with Crippen LogP contribution in [0.3, 0.4) is 0 Å². The van der Waals surface area contributed by atoms with Crippen LogP contribution < -0.4 is 5.73 Å². The average Bonchev–Trinajstić information content (AvgIpc) is 2.65. The van der Waals surface area contributed by atoms with Gasteiger partial charge in [-0.05, 0) is 31.9 Å². The summed E-state index contributed by atoms with van der Waals surface area (Å²) in [5.41, 5.74) is 7.96. The zero-order chi connectivity index (χ0) is 14.0. The van der Waals surface area contributed by atoms with E-state index in [1.54, 1.807) is 0 Å². The number of thiocarbonyl (C=S) groups is 1. The first-order chi connectivity index (χ1) is 8.92. The second-order valence-electron chi connectivity index (χ2n) is 5.65. The number of nitrogens with two attached hydrogens (primary N) is 1. The SMILES string of the molecule is Cc1nc2ccccc2n1CCCC(C)(C)C(N)=S. The summed E-state index contributed by atoms with van der Waals surface area (Å²) in [6, 6.07) is 8.25. The molecule has 0 radical (unpaired) electrons. The number of nitrogens with zero attached hydrogens (tertiary/aromatic N) is 2. The van der Waals surface area contributed by atoms with Crippen molar-refractivity contribution in [1.82, 2.24) is 9.55 Å². The van der Waals surface area contributed by atoms with E-state index in [9.17, 15) is 0 Å². The Morgan fingerprint density at radius 3 is 2.74 bits per heavy atom. The summed E-state index contributed by atoms with van der Waals surface area (Å²) in [6.45, 7) is 7.22. The van der Waals surface area contributed by atoms with Gasteiger partial charge in [0.1, 0.15) is 5.82 Å². The molecular formula is C15H21N3S. The van der Waals surface area contributed by atoms with Crippen molar-refractivity contribution in [2.75, 3.05) is 0 Å². The van der Waals surface area contributed by atoms with Gasteiger partial charge in [-0.25, -0.2) is 4.98 Å². The number of benzene rings is 1. The molecule has 1 aromatic heterocycles. The third kappa shape index (κ3) is 2.95. The van der Waals surface area contributed by atoms with Crippen LogP contribution in [-0.4, -0.2) is 14.5 Å². The molecule has 1 heterocycles. The molecule has 1 aromatic carbocycles. The minimum Gasteiger partial charge on any atom is -0.393 e. The smallest absolute Gasteiger partial charge is 0.106 e. The fourth-order valence-corrected chi connectivity index (χ4v) is 2.38. The Hall–Kier alpha value is -1.42. The average molecular weight is 275 g/mol. The number of fused-ring (bicyclic) bond motifs is 1. The van der Waals surface area contributed by atoms with Crippen LogP contribution in [-0.2, 0) is 6.54 Å². The maximum Gasteiger partial charge on any atom is 0.106 e. The molecule has 19 heavy (non-hydrogen) atoms. The zero-order valence-corrected chi connectivity index (χ0v) is 12.6. The first kappa shape index (κ1) is 14.0. The monoisotopic (exact) mass is 275 g/mol. The highest BCUT2D eigenvalue weighted by atomic mass is 32.1. The van der Waals surface area contributed by atoms with Crippen molar-refractivity contribution in [2.24, 2.45) is 11.1 Å². The Kier molecular flexibility index (Phi) is 3.90. The van der Waals surface area contributed by atoms with Crippen molar-refractivity contribution < 1.29 is 0 Å². The highest BCUT2D eigenvalue weighted by molar-refractivity contribution is 7.80. The van der Waals surface area contributed by atoms with Gasteiger partial charge in [0, 0.05) is 12.0 Å². The molecule has 0 fully saturated rings. The van der Waals surface area contributed by atoms with E-state index in [1.807, 2.05) is 6.07 Å². The van der Waals surface area contributed by atoms with Crippen LogP contribution in [0.25, 0.3) is 11.0 Å². The number of rotatable bonds is 5. The maximum absolute atomic E-state index is 5.76. The van der Waals surface area contributed by atoms with E-state index >= 15 is 0 Å². The molecule has 0 aliphatic rings. The van der Waals surface area contributed by atoms with Gasteiger partial charge in [-0.2, -0.15) is 0 Å². The molecule has 0 bridgehead atoms. The molecule has 0 aliphatic heterocycles. The first-order valence-corrected chi connectivity index (χ1v) is 7.04. The van der Waals surface area contributed by atoms with Gasteiger partial charge in [-0.3, -0.25) is 0 Å². The molecule has 0 atom stereocenters. The van der Waals surface area contributed by atoms with E-state index in [-0.39, 0.29) is 5.41 Å². The van der Waals surface area contributed by atoms with Crippen LogP contribution in [0.5, 0.6) is 0 Å². The molecule has 2 rings (SSSR count). The lowest BCUT2D eigenvalue weighted by atomic mass is 9.88. The standard InChI is InChI=1S/C15H21N3S/c1-11-17-12-7-4-5-8-13(12)18(11)10-6-9-15(2,3)14(16)19/h4-5,7-8H,6,9-10H2,1-3H3,(H2,16,19). The summed E-state index contributed by atoms with van der Waals surface area (Å²) in [5.74, 6) is 1.06. The molecule has 0 amide bonds. The Morgan fingerprint density at radius 1 is 1.37 bits per heavy atom. The van der Waals surface area contributed by atoms with E-state index in [0.29, 0.717) is 4.99 Å². The van der Waals surface area contributed by atoms with Crippen molar-refractivity contribution in [3.8, 4) is 0 Å². The fraction of sp³-hybridized carbons (Fsp3) is 0.467. The van der Waals surface area contributed by atoms with E-state index in [0.717, 1.165) is 30.7 Å². The van der Waals surface area contributed by atoms with Crippen molar-refractivity contribution >= 4 is 28.2 Å². The van der Waals surface area contributed by atoms with E-state index < -0.39 is 0 Å². The lowest BCUT2D eigenvalue weighted by Gasteiger charge is -2.23. The van der Waals surface area contributed by atoms with Gasteiger partial charge in [-0.15, -0.1) is 0 Å². The molecule has 2 aromatic rings. The Bertz CT molecular complexity index is 598. The van der Waals surface area contributed by atoms with Crippen LogP contribution in [0, 0.1) is 12.3 Å². The van der Waals surface area contributed by atoms with Crippen LogP contribution in [0.4, 0.5) is 0 Å². The third-order valence-corrected chi connectivity index (χ3v) is 4.25. The number of imidazole rings is 1. The quantitative estimate of drug-likeness (QED) is 0.850. The van der Waals surface area contributed by atoms with Crippen molar-refractivity contribution in [3.63, 3.8) is 0 Å². The van der Waals surface area contributed by atoms with Gasteiger partial charge >= 0.3 is 0 Å². The molecule has 4 heteroatoms. The van der Waals surface area contributed by atoms with Crippen LogP contribution in [0.15, 0.2) is 24.3 Å². The number of hydrogen-bond acceptors (Lipinski definition) is 2. The van der Waals surface area contributed by atoms with Crippen LogP contribution in [0.2, 0.25) is 0 Å². The molecule has 0 spiro atoms. The summed E-state index contributed by atoms with van der Waals surface area (Å²) in [6.07, 6.45) is 2.04. The molecule has 0 unspecified atom stereocenters. The number of aromatic nitrogens is 2. The summed E-state index contributed by atoms with van der Waals surface area (Å²) in [5, 5.41) is 0. The zero-order valence-electron chi connectivity index (χ0n) is 11.8. The molecule has 2 N–H and O–H groups in total. The number of para-hydroxylation sites is 2. The van der Waals surface area contributed by atoms with E-state index in [2.05, 4.69) is 48.5 Å². The Labute approximate surface area is 119 Å². The summed E-state index contributed by atoms with van der Waals surface area (Å²) in [7, 11) is 0. The molecule has 0 saturated heterocycles. The minimum atomic E-state index is -0.0698. The number of aryl methyl sites for hydroxylation is 2. The molecule has 102 valence electrons. The minimum absolute atomic E-state index is 0.0698. The topological polar surface area (TPSA) is 43.8 Å². The van der Waals surface area contributed by atoms with Crippen LogP contribution >= 0.6 is 12.2 Å². The van der Waals surface area contributed by atoms with Gasteiger partial charge in [0.25, 0.3) is 0 Å². The largest absolute Gasteiger partial charge is 0.393 e. The van der Waals surface area contributed by atoms with Crippen LogP contribution in [0.1, 0.15) is 32.5 Å². The summed E-state index contributed by atoms with van der Waals surface area (Å²) in [4.78, 5) is 5.17. The second-order valence-corrected chi connectivity index (χ2v) is 6.09. The fourth-order valence-electron chi connectivity index (χ4n) is 2.28. The lowest BCUT2D eigenvalue weighted by Crippen LogP contribution is -2.29.